The van der Waals surface area contributed by atoms with Gasteiger partial charge in [-0.1, -0.05) is 196 Å². The molecule has 0 spiro atoms. The summed E-state index contributed by atoms with van der Waals surface area (Å²) in [5.41, 5.74) is 21.8. The van der Waals surface area contributed by atoms with Gasteiger partial charge in [0, 0.05) is 60.8 Å². The van der Waals surface area contributed by atoms with Crippen molar-refractivity contribution in [3.8, 4) is 33.4 Å². The lowest BCUT2D eigenvalue weighted by molar-refractivity contribution is 0.670. The molecule has 0 aliphatic heterocycles. The van der Waals surface area contributed by atoms with E-state index >= 15 is 0 Å². The molecule has 2 aromatic heterocycles. The SMILES string of the molecule is Cc1ccccc1-c1cccc2c1oc1c(N(c3ccccc3)c3ccc4c5c(ccc4c3)-c3ccc4cc(N(c6ccccc6)c6cccc7c6oc6c(-c8ccccc8C)cccc67)ccc4c3C5(C)C)cccc12. The summed E-state index contributed by atoms with van der Waals surface area (Å²) in [6.07, 6.45) is 0. The molecule has 12 aromatic carbocycles. The van der Waals surface area contributed by atoms with Crippen molar-refractivity contribution in [2.24, 2.45) is 0 Å². The Bertz CT molecular complexity index is 4400. The lowest BCUT2D eigenvalue weighted by atomic mass is 9.78. The second-order valence-electron chi connectivity index (χ2n) is 21.3. The minimum atomic E-state index is -0.297. The molecule has 0 bridgehead atoms. The van der Waals surface area contributed by atoms with E-state index in [2.05, 4.69) is 280 Å². The van der Waals surface area contributed by atoms with E-state index in [4.69, 9.17) is 8.83 Å². The van der Waals surface area contributed by atoms with Gasteiger partial charge in [-0.2, -0.15) is 0 Å². The van der Waals surface area contributed by atoms with E-state index < -0.39 is 0 Å². The van der Waals surface area contributed by atoms with E-state index in [1.165, 1.54) is 66.1 Å². The molecular weight excluding hydrogens is 937 g/mol. The second-order valence-corrected chi connectivity index (χ2v) is 21.3. The number of aryl methyl sites for hydroxylation is 2. The van der Waals surface area contributed by atoms with Crippen LogP contribution in [0.5, 0.6) is 0 Å². The lowest BCUT2D eigenvalue weighted by Gasteiger charge is -2.28. The van der Waals surface area contributed by atoms with Gasteiger partial charge in [0.25, 0.3) is 0 Å². The third kappa shape index (κ3) is 6.85. The minimum absolute atomic E-state index is 0.297. The maximum atomic E-state index is 7.06. The first-order valence-corrected chi connectivity index (χ1v) is 26.7. The van der Waals surface area contributed by atoms with Crippen LogP contribution in [-0.2, 0) is 5.41 Å². The summed E-state index contributed by atoms with van der Waals surface area (Å²) in [5.74, 6) is 0. The van der Waals surface area contributed by atoms with Crippen molar-refractivity contribution >= 4 is 99.5 Å². The molecule has 0 atom stereocenters. The van der Waals surface area contributed by atoms with Crippen LogP contribution >= 0.6 is 0 Å². The monoisotopic (exact) mass is 988 g/mol. The maximum Gasteiger partial charge on any atom is 0.159 e. The van der Waals surface area contributed by atoms with Crippen LogP contribution in [0.25, 0.3) is 98.8 Å². The van der Waals surface area contributed by atoms with Gasteiger partial charge in [0.2, 0.25) is 0 Å². The molecule has 0 unspecified atom stereocenters. The third-order valence-electron chi connectivity index (χ3n) is 16.5. The fraction of sp³-hybridized carbons (Fsp3) is 0.0685. The van der Waals surface area contributed by atoms with Gasteiger partial charge in [0.15, 0.2) is 11.2 Å². The molecular formula is C73H52N2O2. The summed E-state index contributed by atoms with van der Waals surface area (Å²) in [5, 5.41) is 9.30. The third-order valence-corrected chi connectivity index (χ3v) is 16.5. The van der Waals surface area contributed by atoms with Gasteiger partial charge in [-0.05, 0) is 141 Å². The molecule has 14 aromatic rings. The van der Waals surface area contributed by atoms with Crippen LogP contribution in [0.15, 0.2) is 251 Å². The largest absolute Gasteiger partial charge is 0.453 e. The zero-order chi connectivity index (χ0) is 51.5. The quantitative estimate of drug-likeness (QED) is 0.152. The molecule has 0 N–H and O–H groups in total. The van der Waals surface area contributed by atoms with E-state index in [0.29, 0.717) is 0 Å². The molecule has 366 valence electrons. The van der Waals surface area contributed by atoms with Gasteiger partial charge in [0.05, 0.1) is 11.4 Å². The molecule has 15 rings (SSSR count). The van der Waals surface area contributed by atoms with Crippen LogP contribution in [0.3, 0.4) is 0 Å². The highest BCUT2D eigenvalue weighted by atomic mass is 16.3. The maximum absolute atomic E-state index is 7.06. The molecule has 1 aliphatic rings. The highest BCUT2D eigenvalue weighted by Crippen LogP contribution is 2.55. The topological polar surface area (TPSA) is 32.8 Å². The van der Waals surface area contributed by atoms with Gasteiger partial charge >= 0.3 is 0 Å². The molecule has 0 radical (unpaired) electrons. The number of hydrogen-bond donors (Lipinski definition) is 0. The smallest absolute Gasteiger partial charge is 0.159 e. The van der Waals surface area contributed by atoms with E-state index in [1.807, 2.05) is 0 Å². The predicted molar refractivity (Wildman–Crippen MR) is 323 cm³/mol. The summed E-state index contributed by atoms with van der Waals surface area (Å²) in [6, 6.07) is 87.9. The summed E-state index contributed by atoms with van der Waals surface area (Å²) in [6.45, 7) is 9.15. The van der Waals surface area contributed by atoms with Crippen LogP contribution in [0.1, 0.15) is 36.1 Å². The van der Waals surface area contributed by atoms with Gasteiger partial charge in [-0.25, -0.2) is 0 Å². The summed E-state index contributed by atoms with van der Waals surface area (Å²) in [7, 11) is 0. The number of para-hydroxylation sites is 6. The Labute approximate surface area is 447 Å². The first-order valence-electron chi connectivity index (χ1n) is 26.7. The summed E-state index contributed by atoms with van der Waals surface area (Å²) < 4.78 is 14.1. The molecule has 77 heavy (non-hydrogen) atoms. The van der Waals surface area contributed by atoms with Crippen LogP contribution in [0.4, 0.5) is 34.1 Å². The zero-order valence-corrected chi connectivity index (χ0v) is 43.3. The molecule has 4 nitrogen and oxygen atoms in total. The van der Waals surface area contributed by atoms with Gasteiger partial charge < -0.3 is 18.6 Å². The van der Waals surface area contributed by atoms with Crippen LogP contribution in [0, 0.1) is 13.8 Å². The fourth-order valence-corrected chi connectivity index (χ4v) is 13.0. The fourth-order valence-electron chi connectivity index (χ4n) is 13.0. The highest BCUT2D eigenvalue weighted by molar-refractivity contribution is 6.16. The first-order chi connectivity index (χ1) is 37.8. The first kappa shape index (κ1) is 44.8. The van der Waals surface area contributed by atoms with Gasteiger partial charge in [-0.3, -0.25) is 0 Å². The summed E-state index contributed by atoms with van der Waals surface area (Å²) in [4.78, 5) is 4.71. The standard InChI is InChI=1S/C73H52N2O2/c1-45-19-11-13-25-53(45)59-27-15-29-61-63-31-17-33-65(71(63)76-69(59)61)74(49-21-7-5-8-22-49)51-37-41-55-47(43-51)35-39-57-58-40-36-48-44-52(38-42-56(48)68(58)73(3,4)67(55)57)75(50-23-9-6-10-24-50)66-34-18-32-64-62-30-16-28-60(70(62)77-72(64)66)54-26-14-12-20-46(54)2/h5-44H,1-4H3. The number of fused-ring (bicyclic) bond motifs is 13. The molecule has 0 fully saturated rings. The van der Waals surface area contributed by atoms with Crippen molar-refractivity contribution < 1.29 is 8.83 Å². The second kappa shape index (κ2) is 17.2. The predicted octanol–water partition coefficient (Wildman–Crippen LogP) is 21.0. The van der Waals surface area contributed by atoms with E-state index in [0.717, 1.165) is 89.1 Å². The average Bonchev–Trinajstić information content (AvgIpc) is 4.13. The van der Waals surface area contributed by atoms with Crippen LogP contribution in [-0.4, -0.2) is 0 Å². The number of hydrogen-bond acceptors (Lipinski definition) is 4. The number of rotatable bonds is 8. The number of furan rings is 2. The Hall–Kier alpha value is -9.64. The molecule has 2 heterocycles. The Morgan fingerprint density at radius 1 is 0.286 bits per heavy atom. The molecule has 0 amide bonds. The van der Waals surface area contributed by atoms with Crippen LogP contribution in [0.2, 0.25) is 0 Å². The van der Waals surface area contributed by atoms with Gasteiger partial charge in [0.1, 0.15) is 11.2 Å². The van der Waals surface area contributed by atoms with Crippen molar-refractivity contribution in [1.82, 2.24) is 0 Å². The van der Waals surface area contributed by atoms with Gasteiger partial charge in [-0.15, -0.1) is 0 Å². The molecule has 1 aliphatic carbocycles. The highest BCUT2D eigenvalue weighted by Gasteiger charge is 2.39. The van der Waals surface area contributed by atoms with E-state index in [1.54, 1.807) is 0 Å². The molecule has 0 saturated heterocycles. The number of benzene rings is 12. The average molecular weight is 989 g/mol. The van der Waals surface area contributed by atoms with Crippen molar-refractivity contribution in [3.05, 3.63) is 265 Å². The molecule has 0 saturated carbocycles. The van der Waals surface area contributed by atoms with Crippen molar-refractivity contribution in [2.75, 3.05) is 9.80 Å². The van der Waals surface area contributed by atoms with Crippen molar-refractivity contribution in [3.63, 3.8) is 0 Å². The normalized spacial score (nSPS) is 12.8. The lowest BCUT2D eigenvalue weighted by Crippen LogP contribution is -2.16. The Kier molecular flexibility index (Phi) is 10.0. The van der Waals surface area contributed by atoms with Crippen molar-refractivity contribution in [2.45, 2.75) is 33.1 Å². The number of nitrogens with zero attached hydrogens (tertiary/aromatic N) is 2. The minimum Gasteiger partial charge on any atom is -0.453 e. The summed E-state index contributed by atoms with van der Waals surface area (Å²) >= 11 is 0. The zero-order valence-electron chi connectivity index (χ0n) is 43.3. The number of anilines is 6. The molecule has 4 heteroatoms. The van der Waals surface area contributed by atoms with E-state index in [-0.39, 0.29) is 5.41 Å². The Morgan fingerprint density at radius 2 is 0.662 bits per heavy atom. The Morgan fingerprint density at radius 3 is 1.09 bits per heavy atom. The Balaban J connectivity index is 0.839. The van der Waals surface area contributed by atoms with Crippen LogP contribution < -0.4 is 9.80 Å². The van der Waals surface area contributed by atoms with Crippen molar-refractivity contribution in [1.29, 1.82) is 0 Å². The van der Waals surface area contributed by atoms with E-state index in [9.17, 15) is 0 Å².